The predicted molar refractivity (Wildman–Crippen MR) is 74.0 cm³/mol. The molecule has 0 spiro atoms. The van der Waals surface area contributed by atoms with Crippen molar-refractivity contribution in [3.63, 3.8) is 0 Å². The van der Waals surface area contributed by atoms with Gasteiger partial charge in [0.1, 0.15) is 16.7 Å². The van der Waals surface area contributed by atoms with Gasteiger partial charge in [-0.3, -0.25) is 0 Å². The van der Waals surface area contributed by atoms with E-state index in [1.54, 1.807) is 0 Å². The van der Waals surface area contributed by atoms with Gasteiger partial charge in [-0.25, -0.2) is 13.4 Å². The number of sulfonamides is 1. The lowest BCUT2D eigenvalue weighted by Crippen LogP contribution is -2.45. The Morgan fingerprint density at radius 3 is 2.85 bits per heavy atom. The summed E-state index contributed by atoms with van der Waals surface area (Å²) in [7, 11) is -3.55. The molecule has 20 heavy (non-hydrogen) atoms. The molecule has 2 unspecified atom stereocenters. The van der Waals surface area contributed by atoms with Crippen LogP contribution in [0.2, 0.25) is 0 Å². The third-order valence-electron chi connectivity index (χ3n) is 3.87. The van der Waals surface area contributed by atoms with Gasteiger partial charge >= 0.3 is 0 Å². The fourth-order valence-corrected chi connectivity index (χ4v) is 3.85. The van der Waals surface area contributed by atoms with E-state index in [4.69, 9.17) is 11.0 Å². The summed E-state index contributed by atoms with van der Waals surface area (Å²) < 4.78 is 26.5. The number of rotatable bonds is 3. The van der Waals surface area contributed by atoms with Crippen LogP contribution >= 0.6 is 0 Å². The molecule has 0 amide bonds. The minimum absolute atomic E-state index is 0.127. The van der Waals surface area contributed by atoms with Gasteiger partial charge in [-0.1, -0.05) is 6.92 Å². The zero-order chi connectivity index (χ0) is 14.8. The van der Waals surface area contributed by atoms with Gasteiger partial charge in [0.25, 0.3) is 0 Å². The first kappa shape index (κ1) is 14.9. The molecule has 2 atom stereocenters. The molecule has 6 nitrogen and oxygen atoms in total. The van der Waals surface area contributed by atoms with Crippen molar-refractivity contribution in [2.45, 2.75) is 18.2 Å². The molecule has 1 aromatic rings. The summed E-state index contributed by atoms with van der Waals surface area (Å²) in [4.78, 5) is 3.95. The van der Waals surface area contributed by atoms with Gasteiger partial charge in [-0.2, -0.15) is 9.57 Å². The Morgan fingerprint density at radius 1 is 1.55 bits per heavy atom. The van der Waals surface area contributed by atoms with Gasteiger partial charge in [0.15, 0.2) is 0 Å². The number of pyridine rings is 1. The van der Waals surface area contributed by atoms with Gasteiger partial charge in [0, 0.05) is 19.3 Å². The van der Waals surface area contributed by atoms with E-state index in [-0.39, 0.29) is 16.5 Å². The molecule has 1 aromatic heterocycles. The highest BCUT2D eigenvalue weighted by Crippen LogP contribution is 2.26. The number of hydrogen-bond acceptors (Lipinski definition) is 5. The molecule has 108 valence electrons. The third-order valence-corrected chi connectivity index (χ3v) is 5.72. The van der Waals surface area contributed by atoms with Crippen molar-refractivity contribution in [2.24, 2.45) is 17.6 Å². The van der Waals surface area contributed by atoms with Crippen LogP contribution < -0.4 is 5.73 Å². The van der Waals surface area contributed by atoms with E-state index < -0.39 is 10.0 Å². The summed E-state index contributed by atoms with van der Waals surface area (Å²) in [6.07, 6.45) is 2.05. The Morgan fingerprint density at radius 2 is 2.30 bits per heavy atom. The molecule has 0 radical (unpaired) electrons. The van der Waals surface area contributed by atoms with Crippen LogP contribution in [-0.2, 0) is 10.0 Å². The highest BCUT2D eigenvalue weighted by Gasteiger charge is 2.33. The van der Waals surface area contributed by atoms with Crippen LogP contribution in [-0.4, -0.2) is 37.3 Å². The molecule has 2 rings (SSSR count). The van der Waals surface area contributed by atoms with E-state index in [1.165, 1.54) is 22.6 Å². The summed E-state index contributed by atoms with van der Waals surface area (Å²) in [5.74, 6) is 0.621. The standard InChI is InChI=1S/C13H18N4O2S/c1-10-4-5-17(9-11(10)6-14)20(18,19)13-3-2-12(7-15)16-8-13/h2-3,8,10-11H,4-6,9,14H2,1H3. The number of nitriles is 1. The Labute approximate surface area is 119 Å². The molecule has 1 aliphatic rings. The van der Waals surface area contributed by atoms with E-state index in [9.17, 15) is 8.42 Å². The van der Waals surface area contributed by atoms with Crippen molar-refractivity contribution in [1.29, 1.82) is 5.26 Å². The lowest BCUT2D eigenvalue weighted by molar-refractivity contribution is 0.203. The van der Waals surface area contributed by atoms with Crippen LogP contribution in [0.4, 0.5) is 0 Å². The fraction of sp³-hybridized carbons (Fsp3) is 0.538. The number of piperidine rings is 1. The van der Waals surface area contributed by atoms with Crippen molar-refractivity contribution in [2.75, 3.05) is 19.6 Å². The van der Waals surface area contributed by atoms with Crippen molar-refractivity contribution in [1.82, 2.24) is 9.29 Å². The second-order valence-electron chi connectivity index (χ2n) is 5.12. The number of hydrogen-bond donors (Lipinski definition) is 1. The van der Waals surface area contributed by atoms with Crippen LogP contribution in [0.25, 0.3) is 0 Å². The minimum atomic E-state index is -3.55. The Hall–Kier alpha value is -1.49. The van der Waals surface area contributed by atoms with Gasteiger partial charge in [-0.05, 0) is 36.9 Å². The zero-order valence-electron chi connectivity index (χ0n) is 11.4. The number of nitrogens with zero attached hydrogens (tertiary/aromatic N) is 3. The largest absolute Gasteiger partial charge is 0.330 e. The Balaban J connectivity index is 2.23. The molecule has 0 saturated carbocycles. The maximum atomic E-state index is 12.5. The molecule has 0 aliphatic carbocycles. The summed E-state index contributed by atoms with van der Waals surface area (Å²) in [5.41, 5.74) is 5.91. The molecule has 2 heterocycles. The van der Waals surface area contributed by atoms with E-state index in [0.29, 0.717) is 25.6 Å². The third kappa shape index (κ3) is 2.82. The fourth-order valence-electron chi connectivity index (χ4n) is 2.39. The smallest absolute Gasteiger partial charge is 0.244 e. The molecular weight excluding hydrogens is 276 g/mol. The SMILES string of the molecule is CC1CCN(S(=O)(=O)c2ccc(C#N)nc2)CC1CN. The first-order chi connectivity index (χ1) is 9.48. The van der Waals surface area contributed by atoms with Gasteiger partial charge in [-0.15, -0.1) is 0 Å². The predicted octanol–water partition coefficient (Wildman–Crippen LogP) is 0.559. The molecule has 1 aliphatic heterocycles. The summed E-state index contributed by atoms with van der Waals surface area (Å²) >= 11 is 0. The quantitative estimate of drug-likeness (QED) is 0.878. The van der Waals surface area contributed by atoms with Crippen molar-refractivity contribution >= 4 is 10.0 Å². The molecule has 1 saturated heterocycles. The minimum Gasteiger partial charge on any atom is -0.330 e. The van der Waals surface area contributed by atoms with Crippen molar-refractivity contribution in [3.8, 4) is 6.07 Å². The van der Waals surface area contributed by atoms with E-state index in [2.05, 4.69) is 11.9 Å². The number of nitrogens with two attached hydrogens (primary N) is 1. The van der Waals surface area contributed by atoms with Crippen molar-refractivity contribution < 1.29 is 8.42 Å². The second-order valence-corrected chi connectivity index (χ2v) is 7.05. The zero-order valence-corrected chi connectivity index (χ0v) is 12.2. The molecule has 0 bridgehead atoms. The molecule has 1 fully saturated rings. The monoisotopic (exact) mass is 294 g/mol. The maximum Gasteiger partial charge on any atom is 0.244 e. The maximum absolute atomic E-state index is 12.5. The highest BCUT2D eigenvalue weighted by atomic mass is 32.2. The average molecular weight is 294 g/mol. The summed E-state index contributed by atoms with van der Waals surface area (Å²) in [6, 6.07) is 4.71. The van der Waals surface area contributed by atoms with E-state index in [0.717, 1.165) is 6.42 Å². The molecule has 0 aromatic carbocycles. The van der Waals surface area contributed by atoms with E-state index in [1.807, 2.05) is 6.07 Å². The lowest BCUT2D eigenvalue weighted by Gasteiger charge is -2.35. The van der Waals surface area contributed by atoms with Crippen LogP contribution in [0.1, 0.15) is 19.0 Å². The molecular formula is C13H18N4O2S. The Kier molecular flexibility index (Phi) is 4.38. The average Bonchev–Trinajstić information content (AvgIpc) is 2.47. The lowest BCUT2D eigenvalue weighted by atomic mass is 9.88. The van der Waals surface area contributed by atoms with Gasteiger partial charge in [0.05, 0.1) is 0 Å². The summed E-state index contributed by atoms with van der Waals surface area (Å²) in [6.45, 7) is 3.53. The first-order valence-electron chi connectivity index (χ1n) is 6.55. The van der Waals surface area contributed by atoms with Crippen LogP contribution in [0, 0.1) is 23.2 Å². The normalized spacial score (nSPS) is 24.2. The summed E-state index contributed by atoms with van der Waals surface area (Å²) in [5, 5.41) is 8.69. The van der Waals surface area contributed by atoms with E-state index >= 15 is 0 Å². The molecule has 2 N–H and O–H groups in total. The topological polar surface area (TPSA) is 100 Å². The Bertz CT molecular complexity index is 606. The first-order valence-corrected chi connectivity index (χ1v) is 7.99. The van der Waals surface area contributed by atoms with Crippen LogP contribution in [0.3, 0.4) is 0 Å². The van der Waals surface area contributed by atoms with Gasteiger partial charge < -0.3 is 5.73 Å². The van der Waals surface area contributed by atoms with Gasteiger partial charge in [0.2, 0.25) is 10.0 Å². The molecule has 7 heteroatoms. The van der Waals surface area contributed by atoms with Crippen LogP contribution in [0.15, 0.2) is 23.2 Å². The second kappa shape index (κ2) is 5.87. The van der Waals surface area contributed by atoms with Crippen LogP contribution in [0.5, 0.6) is 0 Å². The highest BCUT2D eigenvalue weighted by molar-refractivity contribution is 7.89. The number of aromatic nitrogens is 1. The van der Waals surface area contributed by atoms with Crippen molar-refractivity contribution in [3.05, 3.63) is 24.0 Å².